The zero-order valence-electron chi connectivity index (χ0n) is 15.6. The average Bonchev–Trinajstić information content (AvgIpc) is 3.18. The van der Waals surface area contributed by atoms with Crippen molar-refractivity contribution < 1.29 is 9.53 Å². The summed E-state index contributed by atoms with van der Waals surface area (Å²) in [5.74, 6) is 0.520. The maximum atomic E-state index is 13.4. The summed E-state index contributed by atoms with van der Waals surface area (Å²) >= 11 is 1.51. The van der Waals surface area contributed by atoms with Crippen LogP contribution in [-0.2, 0) is 6.54 Å². The van der Waals surface area contributed by atoms with Crippen LogP contribution in [0.4, 0.5) is 5.13 Å². The number of para-hydroxylation sites is 1. The number of aryl methyl sites for hydroxylation is 1. The molecule has 0 radical (unpaired) electrons. The highest BCUT2D eigenvalue weighted by molar-refractivity contribution is 7.22. The number of ether oxygens (including phenoxy) is 1. The van der Waals surface area contributed by atoms with Gasteiger partial charge in [-0.1, -0.05) is 35.6 Å². The Morgan fingerprint density at radius 2 is 2.00 bits per heavy atom. The normalized spacial score (nSPS) is 10.8. The van der Waals surface area contributed by atoms with E-state index in [4.69, 9.17) is 9.72 Å². The molecule has 0 atom stereocenters. The van der Waals surface area contributed by atoms with Gasteiger partial charge in [-0.2, -0.15) is 0 Å². The molecule has 0 spiro atoms. The van der Waals surface area contributed by atoms with Crippen LogP contribution in [0.15, 0.2) is 67.0 Å². The second kappa shape index (κ2) is 7.78. The minimum Gasteiger partial charge on any atom is -0.497 e. The fourth-order valence-corrected chi connectivity index (χ4v) is 4.04. The predicted octanol–water partition coefficient (Wildman–Crippen LogP) is 4.86. The lowest BCUT2D eigenvalue weighted by Crippen LogP contribution is -2.30. The minimum atomic E-state index is -0.125. The molecule has 28 heavy (non-hydrogen) atoms. The lowest BCUT2D eigenvalue weighted by molar-refractivity contribution is 0.0985. The van der Waals surface area contributed by atoms with Crippen molar-refractivity contribution >= 4 is 32.6 Å². The number of hydrogen-bond acceptors (Lipinski definition) is 5. The predicted molar refractivity (Wildman–Crippen MR) is 112 cm³/mol. The maximum absolute atomic E-state index is 13.4. The van der Waals surface area contributed by atoms with Crippen LogP contribution in [0.5, 0.6) is 5.75 Å². The van der Waals surface area contributed by atoms with E-state index in [-0.39, 0.29) is 5.91 Å². The summed E-state index contributed by atoms with van der Waals surface area (Å²) in [6, 6.07) is 17.1. The number of benzene rings is 2. The first-order valence-corrected chi connectivity index (χ1v) is 9.68. The number of anilines is 1. The average molecular weight is 389 g/mol. The van der Waals surface area contributed by atoms with Gasteiger partial charge in [-0.3, -0.25) is 14.7 Å². The van der Waals surface area contributed by atoms with Gasteiger partial charge < -0.3 is 4.74 Å². The number of carbonyl (C=O) groups is 1. The zero-order valence-corrected chi connectivity index (χ0v) is 16.4. The van der Waals surface area contributed by atoms with Gasteiger partial charge in [0, 0.05) is 18.0 Å². The van der Waals surface area contributed by atoms with Gasteiger partial charge in [-0.05, 0) is 48.4 Å². The molecule has 0 N–H and O–H groups in total. The number of fused-ring (bicyclic) bond motifs is 1. The van der Waals surface area contributed by atoms with E-state index in [1.165, 1.54) is 11.3 Å². The summed E-state index contributed by atoms with van der Waals surface area (Å²) in [4.78, 5) is 24.0. The van der Waals surface area contributed by atoms with Crippen LogP contribution in [-0.4, -0.2) is 23.0 Å². The molecule has 0 unspecified atom stereocenters. The molecule has 0 bridgehead atoms. The molecule has 6 heteroatoms. The third kappa shape index (κ3) is 3.59. The van der Waals surface area contributed by atoms with Gasteiger partial charge in [0.15, 0.2) is 5.13 Å². The van der Waals surface area contributed by atoms with Crippen LogP contribution in [0.1, 0.15) is 21.5 Å². The molecule has 0 fully saturated rings. The number of pyridine rings is 1. The molecule has 0 aliphatic heterocycles. The molecule has 2 aromatic heterocycles. The van der Waals surface area contributed by atoms with E-state index < -0.39 is 0 Å². The molecule has 0 aliphatic rings. The smallest absolute Gasteiger partial charge is 0.260 e. The largest absolute Gasteiger partial charge is 0.497 e. The van der Waals surface area contributed by atoms with Gasteiger partial charge in [-0.25, -0.2) is 4.98 Å². The van der Waals surface area contributed by atoms with E-state index in [0.29, 0.717) is 23.0 Å². The number of hydrogen-bond donors (Lipinski definition) is 0. The molecule has 140 valence electrons. The molecule has 2 heterocycles. The Balaban J connectivity index is 1.78. The van der Waals surface area contributed by atoms with Crippen molar-refractivity contribution in [1.29, 1.82) is 0 Å². The third-order valence-corrected chi connectivity index (χ3v) is 5.51. The van der Waals surface area contributed by atoms with Crippen LogP contribution in [0.2, 0.25) is 0 Å². The fraction of sp³-hybridized carbons (Fsp3) is 0.136. The Labute approximate surface area is 167 Å². The van der Waals surface area contributed by atoms with Crippen molar-refractivity contribution in [3.63, 3.8) is 0 Å². The van der Waals surface area contributed by atoms with Crippen LogP contribution >= 0.6 is 11.3 Å². The lowest BCUT2D eigenvalue weighted by Gasteiger charge is -2.20. The highest BCUT2D eigenvalue weighted by Gasteiger charge is 2.22. The lowest BCUT2D eigenvalue weighted by atomic mass is 10.1. The van der Waals surface area contributed by atoms with E-state index in [1.54, 1.807) is 36.5 Å². The molecule has 1 amide bonds. The zero-order chi connectivity index (χ0) is 19.5. The Morgan fingerprint density at radius 3 is 2.75 bits per heavy atom. The number of nitrogens with zero attached hydrogens (tertiary/aromatic N) is 3. The molecule has 2 aromatic carbocycles. The van der Waals surface area contributed by atoms with E-state index in [0.717, 1.165) is 21.3 Å². The van der Waals surface area contributed by atoms with Gasteiger partial charge in [0.05, 0.1) is 23.9 Å². The van der Waals surface area contributed by atoms with Crippen molar-refractivity contribution in [2.24, 2.45) is 0 Å². The number of carbonyl (C=O) groups excluding carboxylic acids is 1. The van der Waals surface area contributed by atoms with Crippen molar-refractivity contribution in [2.45, 2.75) is 13.5 Å². The van der Waals surface area contributed by atoms with Gasteiger partial charge in [0.2, 0.25) is 0 Å². The van der Waals surface area contributed by atoms with Gasteiger partial charge >= 0.3 is 0 Å². The summed E-state index contributed by atoms with van der Waals surface area (Å²) in [5.41, 5.74) is 3.52. The monoisotopic (exact) mass is 389 g/mol. The van der Waals surface area contributed by atoms with Gasteiger partial charge in [0.1, 0.15) is 5.75 Å². The van der Waals surface area contributed by atoms with E-state index >= 15 is 0 Å². The summed E-state index contributed by atoms with van der Waals surface area (Å²) in [7, 11) is 1.59. The van der Waals surface area contributed by atoms with Crippen molar-refractivity contribution in [3.05, 3.63) is 83.7 Å². The first-order valence-electron chi connectivity index (χ1n) is 8.86. The van der Waals surface area contributed by atoms with Crippen LogP contribution < -0.4 is 9.64 Å². The molecular formula is C22H19N3O2S. The van der Waals surface area contributed by atoms with Gasteiger partial charge in [-0.15, -0.1) is 0 Å². The van der Waals surface area contributed by atoms with Crippen LogP contribution in [0.3, 0.4) is 0 Å². The summed E-state index contributed by atoms with van der Waals surface area (Å²) in [6.07, 6.45) is 3.49. The number of methoxy groups -OCH3 is 1. The van der Waals surface area contributed by atoms with Crippen molar-refractivity contribution in [1.82, 2.24) is 9.97 Å². The second-order valence-electron chi connectivity index (χ2n) is 6.40. The molecule has 4 rings (SSSR count). The molecule has 0 saturated carbocycles. The van der Waals surface area contributed by atoms with Crippen LogP contribution in [0.25, 0.3) is 10.2 Å². The second-order valence-corrected chi connectivity index (χ2v) is 7.41. The Hall–Kier alpha value is -3.25. The first kappa shape index (κ1) is 18.1. The number of thiazole rings is 1. The topological polar surface area (TPSA) is 55.3 Å². The number of rotatable bonds is 5. The van der Waals surface area contributed by atoms with E-state index in [1.807, 2.05) is 49.4 Å². The minimum absolute atomic E-state index is 0.125. The van der Waals surface area contributed by atoms with E-state index in [2.05, 4.69) is 4.98 Å². The Morgan fingerprint density at radius 1 is 1.14 bits per heavy atom. The van der Waals surface area contributed by atoms with Crippen LogP contribution in [0, 0.1) is 6.92 Å². The number of aromatic nitrogens is 2. The molecule has 5 nitrogen and oxygen atoms in total. The highest BCUT2D eigenvalue weighted by atomic mass is 32.1. The molecule has 0 saturated heterocycles. The quantitative estimate of drug-likeness (QED) is 0.489. The molecule has 4 aromatic rings. The standard InChI is InChI=1S/C22H19N3O2S/c1-15-6-3-10-19-20(15)24-22(28-19)25(14-16-7-5-11-23-13-16)21(26)17-8-4-9-18(12-17)27-2/h3-13H,14H2,1-2H3. The van der Waals surface area contributed by atoms with Gasteiger partial charge in [0.25, 0.3) is 5.91 Å². The fourth-order valence-electron chi connectivity index (χ4n) is 3.00. The van der Waals surface area contributed by atoms with E-state index in [9.17, 15) is 4.79 Å². The maximum Gasteiger partial charge on any atom is 0.260 e. The SMILES string of the molecule is COc1cccc(C(=O)N(Cc2cccnc2)c2nc3c(C)cccc3s2)c1. The first-order chi connectivity index (χ1) is 13.7. The summed E-state index contributed by atoms with van der Waals surface area (Å²) < 4.78 is 6.34. The summed E-state index contributed by atoms with van der Waals surface area (Å²) in [6.45, 7) is 2.42. The Kier molecular flexibility index (Phi) is 5.04. The molecule has 0 aliphatic carbocycles. The van der Waals surface area contributed by atoms with Crippen molar-refractivity contribution in [2.75, 3.05) is 12.0 Å². The Bertz CT molecular complexity index is 1130. The van der Waals surface area contributed by atoms with Crippen molar-refractivity contribution in [3.8, 4) is 5.75 Å². The highest BCUT2D eigenvalue weighted by Crippen LogP contribution is 2.32. The third-order valence-electron chi connectivity index (χ3n) is 4.47. The number of amides is 1. The summed E-state index contributed by atoms with van der Waals surface area (Å²) in [5, 5.41) is 0.668. The molecular weight excluding hydrogens is 370 g/mol.